The summed E-state index contributed by atoms with van der Waals surface area (Å²) < 4.78 is 1.76. The number of hydrogen-bond donors (Lipinski definition) is 0. The van der Waals surface area contributed by atoms with Crippen LogP contribution in [0.3, 0.4) is 0 Å². The molecule has 1 aromatic carbocycles. The molecule has 1 saturated heterocycles. The molecule has 140 valence electrons. The van der Waals surface area contributed by atoms with Crippen molar-refractivity contribution in [2.24, 2.45) is 0 Å². The van der Waals surface area contributed by atoms with Gasteiger partial charge in [-0.1, -0.05) is 50.1 Å². The van der Waals surface area contributed by atoms with E-state index in [0.29, 0.717) is 28.4 Å². The molecule has 0 spiro atoms. The predicted octanol–water partition coefficient (Wildman–Crippen LogP) is 3.69. The van der Waals surface area contributed by atoms with Crippen LogP contribution in [0.1, 0.15) is 45.4 Å². The third kappa shape index (κ3) is 4.47. The topological polar surface area (TPSA) is 55.2 Å². The van der Waals surface area contributed by atoms with E-state index >= 15 is 0 Å². The van der Waals surface area contributed by atoms with E-state index in [-0.39, 0.29) is 11.5 Å². The molecular formula is C20H27N3O2S. The number of para-hydroxylation sites is 1. The normalized spacial score (nSPS) is 14.3. The van der Waals surface area contributed by atoms with Crippen molar-refractivity contribution in [1.29, 1.82) is 0 Å². The smallest absolute Gasteiger partial charge is 0.262 e. The number of fused-ring (bicyclic) bond motifs is 1. The number of rotatable bonds is 8. The van der Waals surface area contributed by atoms with Crippen molar-refractivity contribution in [2.75, 3.05) is 18.8 Å². The van der Waals surface area contributed by atoms with Crippen LogP contribution in [0.5, 0.6) is 0 Å². The maximum absolute atomic E-state index is 12.9. The summed E-state index contributed by atoms with van der Waals surface area (Å²) in [5.74, 6) is 0.493. The van der Waals surface area contributed by atoms with Crippen molar-refractivity contribution < 1.29 is 4.79 Å². The number of hydrogen-bond acceptors (Lipinski definition) is 4. The highest BCUT2D eigenvalue weighted by atomic mass is 32.2. The van der Waals surface area contributed by atoms with E-state index in [0.717, 1.165) is 45.2 Å². The fraction of sp³-hybridized carbons (Fsp3) is 0.550. The van der Waals surface area contributed by atoms with Crippen LogP contribution in [-0.4, -0.2) is 39.2 Å². The van der Waals surface area contributed by atoms with E-state index in [2.05, 4.69) is 11.9 Å². The van der Waals surface area contributed by atoms with Gasteiger partial charge in [-0.3, -0.25) is 14.2 Å². The van der Waals surface area contributed by atoms with E-state index in [1.165, 1.54) is 18.2 Å². The Kier molecular flexibility index (Phi) is 6.72. The molecule has 6 heteroatoms. The third-order valence-corrected chi connectivity index (χ3v) is 5.81. The van der Waals surface area contributed by atoms with Crippen molar-refractivity contribution in [3.63, 3.8) is 0 Å². The van der Waals surface area contributed by atoms with E-state index < -0.39 is 0 Å². The van der Waals surface area contributed by atoms with Gasteiger partial charge in [-0.15, -0.1) is 0 Å². The summed E-state index contributed by atoms with van der Waals surface area (Å²) >= 11 is 1.40. The zero-order valence-corrected chi connectivity index (χ0v) is 16.3. The molecule has 0 radical (unpaired) electrons. The van der Waals surface area contributed by atoms with Crippen LogP contribution in [0.4, 0.5) is 0 Å². The molecule has 0 atom stereocenters. The minimum absolute atomic E-state index is 0.00298. The van der Waals surface area contributed by atoms with E-state index in [9.17, 15) is 9.59 Å². The molecule has 0 bridgehead atoms. The van der Waals surface area contributed by atoms with Gasteiger partial charge in [0.05, 0.1) is 16.7 Å². The van der Waals surface area contributed by atoms with Gasteiger partial charge in [0, 0.05) is 19.6 Å². The zero-order chi connectivity index (χ0) is 18.4. The first-order chi connectivity index (χ1) is 12.7. The molecular weight excluding hydrogens is 346 g/mol. The van der Waals surface area contributed by atoms with Crippen LogP contribution in [-0.2, 0) is 11.3 Å². The second-order valence-corrected chi connectivity index (χ2v) is 7.75. The van der Waals surface area contributed by atoms with Crippen molar-refractivity contribution in [3.8, 4) is 0 Å². The number of aromatic nitrogens is 2. The van der Waals surface area contributed by atoms with E-state index in [1.807, 2.05) is 29.2 Å². The van der Waals surface area contributed by atoms with Crippen molar-refractivity contribution in [1.82, 2.24) is 14.5 Å². The van der Waals surface area contributed by atoms with Crippen LogP contribution >= 0.6 is 11.8 Å². The van der Waals surface area contributed by atoms with Gasteiger partial charge in [0.1, 0.15) is 0 Å². The molecule has 1 aliphatic rings. The van der Waals surface area contributed by atoms with Gasteiger partial charge >= 0.3 is 0 Å². The Balaban J connectivity index is 1.81. The number of nitrogens with zero attached hydrogens (tertiary/aromatic N) is 3. The Morgan fingerprint density at radius 3 is 2.69 bits per heavy atom. The van der Waals surface area contributed by atoms with Crippen LogP contribution in [0.25, 0.3) is 10.9 Å². The number of carbonyl (C=O) groups is 1. The second kappa shape index (κ2) is 9.21. The number of amides is 1. The maximum atomic E-state index is 12.9. The van der Waals surface area contributed by atoms with E-state index in [1.54, 1.807) is 4.57 Å². The molecule has 1 amide bonds. The summed E-state index contributed by atoms with van der Waals surface area (Å²) in [5, 5.41) is 1.32. The number of likely N-dealkylation sites (tertiary alicyclic amines) is 1. The highest BCUT2D eigenvalue weighted by molar-refractivity contribution is 7.99. The maximum Gasteiger partial charge on any atom is 0.262 e. The van der Waals surface area contributed by atoms with Gasteiger partial charge < -0.3 is 4.90 Å². The number of benzene rings is 1. The molecule has 0 aliphatic carbocycles. The molecule has 0 N–H and O–H groups in total. The van der Waals surface area contributed by atoms with Gasteiger partial charge in [0.2, 0.25) is 5.91 Å². The quantitative estimate of drug-likeness (QED) is 0.402. The number of unbranched alkanes of at least 4 members (excludes halogenated alkanes) is 3. The summed E-state index contributed by atoms with van der Waals surface area (Å²) in [7, 11) is 0. The molecule has 2 heterocycles. The minimum Gasteiger partial charge on any atom is -0.342 e. The number of carbonyl (C=O) groups excluding carboxylic acids is 1. The largest absolute Gasteiger partial charge is 0.342 e. The molecule has 1 fully saturated rings. The van der Waals surface area contributed by atoms with Crippen molar-refractivity contribution in [2.45, 2.75) is 57.1 Å². The second-order valence-electron chi connectivity index (χ2n) is 6.81. The monoisotopic (exact) mass is 373 g/mol. The lowest BCUT2D eigenvalue weighted by molar-refractivity contribution is -0.127. The Morgan fingerprint density at radius 2 is 1.92 bits per heavy atom. The van der Waals surface area contributed by atoms with Gasteiger partial charge in [-0.25, -0.2) is 4.98 Å². The fourth-order valence-electron chi connectivity index (χ4n) is 3.34. The Morgan fingerprint density at radius 1 is 1.15 bits per heavy atom. The lowest BCUT2D eigenvalue weighted by Crippen LogP contribution is -2.30. The Labute approximate surface area is 158 Å². The molecule has 0 saturated carbocycles. The lowest BCUT2D eigenvalue weighted by atomic mass is 10.2. The fourth-order valence-corrected chi connectivity index (χ4v) is 4.26. The summed E-state index contributed by atoms with van der Waals surface area (Å²) in [6.07, 6.45) is 6.58. The number of thioether (sulfide) groups is 1. The van der Waals surface area contributed by atoms with E-state index in [4.69, 9.17) is 0 Å². The summed E-state index contributed by atoms with van der Waals surface area (Å²) in [5.41, 5.74) is 0.710. The highest BCUT2D eigenvalue weighted by Crippen LogP contribution is 2.20. The predicted molar refractivity (Wildman–Crippen MR) is 107 cm³/mol. The molecule has 2 aromatic rings. The Bertz CT molecular complexity index is 812. The van der Waals surface area contributed by atoms with Gasteiger partial charge in [-0.05, 0) is 31.4 Å². The average molecular weight is 374 g/mol. The van der Waals surface area contributed by atoms with Crippen LogP contribution < -0.4 is 5.56 Å². The van der Waals surface area contributed by atoms with Gasteiger partial charge in [0.15, 0.2) is 5.16 Å². The SMILES string of the molecule is CCCCCCn1c(SCC(=O)N2CCCC2)nc2ccccc2c1=O. The lowest BCUT2D eigenvalue weighted by Gasteiger charge is -2.16. The molecule has 0 unspecified atom stereocenters. The first-order valence-corrected chi connectivity index (χ1v) is 10.6. The van der Waals surface area contributed by atoms with Crippen LogP contribution in [0, 0.1) is 0 Å². The summed E-state index contributed by atoms with van der Waals surface area (Å²) in [6.45, 7) is 4.55. The Hall–Kier alpha value is -1.82. The first kappa shape index (κ1) is 19.0. The highest BCUT2D eigenvalue weighted by Gasteiger charge is 2.19. The molecule has 5 nitrogen and oxygen atoms in total. The standard InChI is InChI=1S/C20H27N3O2S/c1-2-3-4-7-14-23-19(25)16-10-5-6-11-17(16)21-20(23)26-15-18(24)22-12-8-9-13-22/h5-6,10-11H,2-4,7-9,12-15H2,1H3. The third-order valence-electron chi connectivity index (χ3n) is 4.85. The average Bonchev–Trinajstić information content (AvgIpc) is 3.20. The van der Waals surface area contributed by atoms with Crippen LogP contribution in [0.15, 0.2) is 34.2 Å². The van der Waals surface area contributed by atoms with Gasteiger partial charge in [-0.2, -0.15) is 0 Å². The molecule has 26 heavy (non-hydrogen) atoms. The first-order valence-electron chi connectivity index (χ1n) is 9.61. The zero-order valence-electron chi connectivity index (χ0n) is 15.4. The molecule has 3 rings (SSSR count). The van der Waals surface area contributed by atoms with Crippen molar-refractivity contribution >= 4 is 28.6 Å². The van der Waals surface area contributed by atoms with Crippen LogP contribution in [0.2, 0.25) is 0 Å². The van der Waals surface area contributed by atoms with Gasteiger partial charge in [0.25, 0.3) is 5.56 Å². The van der Waals surface area contributed by atoms with Crippen molar-refractivity contribution in [3.05, 3.63) is 34.6 Å². The molecule has 1 aliphatic heterocycles. The molecule has 1 aromatic heterocycles. The minimum atomic E-state index is 0.00298. The summed E-state index contributed by atoms with van der Waals surface area (Å²) in [6, 6.07) is 7.46. The summed E-state index contributed by atoms with van der Waals surface area (Å²) in [4.78, 5) is 31.9.